The highest BCUT2D eigenvalue weighted by atomic mass is 16.2. The van der Waals surface area contributed by atoms with Crippen molar-refractivity contribution in [1.29, 1.82) is 0 Å². The number of hydrogen-bond donors (Lipinski definition) is 0. The summed E-state index contributed by atoms with van der Waals surface area (Å²) in [5.74, 6) is 0.0688. The first-order chi connectivity index (χ1) is 8.22. The molecule has 2 heterocycles. The molecule has 0 saturated carbocycles. The van der Waals surface area contributed by atoms with Gasteiger partial charge in [-0.3, -0.25) is 9.78 Å². The quantitative estimate of drug-likeness (QED) is 0.805. The summed E-state index contributed by atoms with van der Waals surface area (Å²) < 4.78 is 1.72. The van der Waals surface area contributed by atoms with Gasteiger partial charge in [-0.05, 0) is 12.1 Å². The average molecular weight is 230 g/mol. The van der Waals surface area contributed by atoms with Gasteiger partial charge in [0.15, 0.2) is 0 Å². The Balaban J connectivity index is 2.25. The van der Waals surface area contributed by atoms with Crippen molar-refractivity contribution in [1.82, 2.24) is 14.8 Å². The second kappa shape index (κ2) is 4.78. The first kappa shape index (κ1) is 11.3. The number of nitrogens with zero attached hydrogens (tertiary/aromatic N) is 4. The number of carbonyl (C=O) groups is 1. The van der Waals surface area contributed by atoms with E-state index in [9.17, 15) is 4.79 Å². The zero-order valence-corrected chi connectivity index (χ0v) is 9.87. The number of aromatic nitrogens is 3. The van der Waals surface area contributed by atoms with Crippen LogP contribution in [0, 0.1) is 0 Å². The van der Waals surface area contributed by atoms with E-state index in [1.807, 2.05) is 25.3 Å². The normalized spacial score (nSPS) is 10.2. The lowest BCUT2D eigenvalue weighted by atomic mass is 10.4. The molecule has 5 heteroatoms. The molecule has 2 aromatic rings. The highest BCUT2D eigenvalue weighted by Crippen LogP contribution is 2.14. The predicted molar refractivity (Wildman–Crippen MR) is 65.1 cm³/mol. The summed E-state index contributed by atoms with van der Waals surface area (Å²) in [6.45, 7) is 1.84. The van der Waals surface area contributed by atoms with Crippen LogP contribution in [0.1, 0.15) is 13.3 Å². The van der Waals surface area contributed by atoms with Crippen LogP contribution in [0.3, 0.4) is 0 Å². The standard InChI is InChI=1S/C12H14N4O/c1-3-12(17)15(2)11-8-14-16(9-11)10-4-6-13-7-5-10/h4-9H,3H2,1-2H3. The maximum absolute atomic E-state index is 11.5. The molecule has 0 bridgehead atoms. The average Bonchev–Trinajstić information content (AvgIpc) is 2.87. The summed E-state index contributed by atoms with van der Waals surface area (Å²) in [6.07, 6.45) is 7.39. The molecule has 17 heavy (non-hydrogen) atoms. The van der Waals surface area contributed by atoms with Gasteiger partial charge in [0.1, 0.15) is 0 Å². The number of rotatable bonds is 3. The van der Waals surface area contributed by atoms with E-state index in [-0.39, 0.29) is 5.91 Å². The molecule has 2 aromatic heterocycles. The lowest BCUT2D eigenvalue weighted by Crippen LogP contribution is -2.24. The van der Waals surface area contributed by atoms with Crippen molar-refractivity contribution >= 4 is 11.6 Å². The van der Waals surface area contributed by atoms with Crippen molar-refractivity contribution in [2.45, 2.75) is 13.3 Å². The Hall–Kier alpha value is -2.17. The summed E-state index contributed by atoms with van der Waals surface area (Å²) >= 11 is 0. The smallest absolute Gasteiger partial charge is 0.226 e. The molecule has 0 aliphatic rings. The van der Waals surface area contributed by atoms with Crippen LogP contribution in [0.5, 0.6) is 0 Å². The Morgan fingerprint density at radius 3 is 2.76 bits per heavy atom. The Morgan fingerprint density at radius 1 is 1.41 bits per heavy atom. The van der Waals surface area contributed by atoms with Crippen molar-refractivity contribution in [2.75, 3.05) is 11.9 Å². The van der Waals surface area contributed by atoms with E-state index in [2.05, 4.69) is 10.1 Å². The second-order valence-corrected chi connectivity index (χ2v) is 3.65. The van der Waals surface area contributed by atoms with Gasteiger partial charge in [0, 0.05) is 25.9 Å². The van der Waals surface area contributed by atoms with E-state index in [1.54, 1.807) is 35.2 Å². The van der Waals surface area contributed by atoms with Gasteiger partial charge >= 0.3 is 0 Å². The number of amides is 1. The second-order valence-electron chi connectivity index (χ2n) is 3.65. The predicted octanol–water partition coefficient (Wildman–Crippen LogP) is 1.64. The highest BCUT2D eigenvalue weighted by molar-refractivity contribution is 5.92. The lowest BCUT2D eigenvalue weighted by molar-refractivity contribution is -0.118. The van der Waals surface area contributed by atoms with E-state index in [0.717, 1.165) is 11.4 Å². The van der Waals surface area contributed by atoms with Gasteiger partial charge in [-0.1, -0.05) is 6.92 Å². The van der Waals surface area contributed by atoms with E-state index in [4.69, 9.17) is 0 Å². The lowest BCUT2D eigenvalue weighted by Gasteiger charge is -2.12. The molecule has 0 aromatic carbocycles. The van der Waals surface area contributed by atoms with Gasteiger partial charge in [0.05, 0.1) is 23.8 Å². The molecule has 0 radical (unpaired) electrons. The van der Waals surface area contributed by atoms with Crippen LogP contribution in [0.4, 0.5) is 5.69 Å². The zero-order chi connectivity index (χ0) is 12.3. The molecule has 0 spiro atoms. The Labute approximate surface area is 99.7 Å². The van der Waals surface area contributed by atoms with E-state index in [1.165, 1.54) is 0 Å². The Kier molecular flexibility index (Phi) is 3.18. The van der Waals surface area contributed by atoms with Crippen LogP contribution in [-0.2, 0) is 4.79 Å². The fourth-order valence-electron chi connectivity index (χ4n) is 1.51. The van der Waals surface area contributed by atoms with Gasteiger partial charge in [-0.25, -0.2) is 4.68 Å². The van der Waals surface area contributed by atoms with E-state index >= 15 is 0 Å². The Bertz CT molecular complexity index is 506. The van der Waals surface area contributed by atoms with Crippen LogP contribution < -0.4 is 4.90 Å². The fraction of sp³-hybridized carbons (Fsp3) is 0.250. The van der Waals surface area contributed by atoms with E-state index in [0.29, 0.717) is 6.42 Å². The van der Waals surface area contributed by atoms with Crippen molar-refractivity contribution in [2.24, 2.45) is 0 Å². The van der Waals surface area contributed by atoms with Crippen molar-refractivity contribution < 1.29 is 4.79 Å². The van der Waals surface area contributed by atoms with Crippen LogP contribution in [-0.4, -0.2) is 27.7 Å². The maximum atomic E-state index is 11.5. The van der Waals surface area contributed by atoms with Crippen LogP contribution >= 0.6 is 0 Å². The van der Waals surface area contributed by atoms with Gasteiger partial charge in [-0.2, -0.15) is 5.10 Å². The van der Waals surface area contributed by atoms with Crippen LogP contribution in [0.2, 0.25) is 0 Å². The number of anilines is 1. The Morgan fingerprint density at radius 2 is 2.12 bits per heavy atom. The first-order valence-corrected chi connectivity index (χ1v) is 5.44. The van der Waals surface area contributed by atoms with Crippen molar-refractivity contribution in [3.05, 3.63) is 36.9 Å². The maximum Gasteiger partial charge on any atom is 0.226 e. The first-order valence-electron chi connectivity index (χ1n) is 5.44. The highest BCUT2D eigenvalue weighted by Gasteiger charge is 2.10. The molecule has 0 saturated heterocycles. The van der Waals surface area contributed by atoms with Crippen LogP contribution in [0.25, 0.3) is 5.69 Å². The fourth-order valence-corrected chi connectivity index (χ4v) is 1.51. The molecule has 1 amide bonds. The molecule has 2 rings (SSSR count). The largest absolute Gasteiger partial charge is 0.313 e. The van der Waals surface area contributed by atoms with Crippen molar-refractivity contribution in [3.63, 3.8) is 0 Å². The van der Waals surface area contributed by atoms with Gasteiger partial charge in [0.25, 0.3) is 0 Å². The molecular formula is C12H14N4O. The third kappa shape index (κ3) is 2.33. The summed E-state index contributed by atoms with van der Waals surface area (Å²) in [7, 11) is 1.75. The molecule has 0 N–H and O–H groups in total. The minimum atomic E-state index is 0.0688. The third-order valence-electron chi connectivity index (χ3n) is 2.56. The van der Waals surface area contributed by atoms with Crippen molar-refractivity contribution in [3.8, 4) is 5.69 Å². The molecule has 0 fully saturated rings. The summed E-state index contributed by atoms with van der Waals surface area (Å²) in [4.78, 5) is 17.1. The molecule has 0 aliphatic carbocycles. The summed E-state index contributed by atoms with van der Waals surface area (Å²) in [6, 6.07) is 3.72. The van der Waals surface area contributed by atoms with Gasteiger partial charge < -0.3 is 4.90 Å². The molecule has 0 unspecified atom stereocenters. The number of hydrogen-bond acceptors (Lipinski definition) is 3. The van der Waals surface area contributed by atoms with E-state index < -0.39 is 0 Å². The molecule has 5 nitrogen and oxygen atoms in total. The zero-order valence-electron chi connectivity index (χ0n) is 9.87. The monoisotopic (exact) mass is 230 g/mol. The third-order valence-corrected chi connectivity index (χ3v) is 2.56. The minimum absolute atomic E-state index is 0.0688. The molecule has 88 valence electrons. The topological polar surface area (TPSA) is 51.0 Å². The SMILES string of the molecule is CCC(=O)N(C)c1cnn(-c2ccncc2)c1. The van der Waals surface area contributed by atoms with Gasteiger partial charge in [0.2, 0.25) is 5.91 Å². The van der Waals surface area contributed by atoms with Crippen LogP contribution in [0.15, 0.2) is 36.9 Å². The summed E-state index contributed by atoms with van der Waals surface area (Å²) in [5.41, 5.74) is 1.71. The minimum Gasteiger partial charge on any atom is -0.313 e. The molecule has 0 atom stereocenters. The molecular weight excluding hydrogens is 216 g/mol. The summed E-state index contributed by atoms with van der Waals surface area (Å²) in [5, 5.41) is 4.22. The van der Waals surface area contributed by atoms with Gasteiger partial charge in [-0.15, -0.1) is 0 Å². The number of pyridine rings is 1. The molecule has 0 aliphatic heterocycles. The number of carbonyl (C=O) groups excluding carboxylic acids is 1.